The second kappa shape index (κ2) is 5.95. The number of hydrogen-bond acceptors (Lipinski definition) is 5. The molecule has 0 fully saturated rings. The first kappa shape index (κ1) is 13.9. The number of carbonyl (C=O) groups excluding carboxylic acids is 2. The average molecular weight is 251 g/mol. The molecule has 0 bridgehead atoms. The number of aromatic nitrogens is 2. The standard InChI is InChI=1S/C11H17N5O2/c1-6(2)10-14-4-7(13-3)9(16-10)11(18)15-5-8(12)17/h4,6,13H,5H2,1-3H3,(H2,12,17)(H,15,18). The van der Waals surface area contributed by atoms with E-state index in [-0.39, 0.29) is 18.2 Å². The van der Waals surface area contributed by atoms with Crippen LogP contribution in [0.4, 0.5) is 5.69 Å². The molecule has 18 heavy (non-hydrogen) atoms. The minimum Gasteiger partial charge on any atom is -0.385 e. The fourth-order valence-corrected chi connectivity index (χ4v) is 1.28. The number of nitrogens with zero attached hydrogens (tertiary/aromatic N) is 2. The lowest BCUT2D eigenvalue weighted by Gasteiger charge is -2.10. The number of hydrogen-bond donors (Lipinski definition) is 3. The highest BCUT2D eigenvalue weighted by Gasteiger charge is 2.16. The third-order valence-electron chi connectivity index (χ3n) is 2.23. The van der Waals surface area contributed by atoms with Gasteiger partial charge in [-0.25, -0.2) is 9.97 Å². The number of nitrogens with one attached hydrogen (secondary N) is 2. The number of primary amides is 1. The van der Waals surface area contributed by atoms with E-state index < -0.39 is 11.8 Å². The van der Waals surface area contributed by atoms with E-state index in [2.05, 4.69) is 20.6 Å². The topological polar surface area (TPSA) is 110 Å². The van der Waals surface area contributed by atoms with Crippen molar-refractivity contribution in [1.29, 1.82) is 0 Å². The van der Waals surface area contributed by atoms with Gasteiger partial charge in [0.2, 0.25) is 5.91 Å². The van der Waals surface area contributed by atoms with Gasteiger partial charge in [0.25, 0.3) is 5.91 Å². The van der Waals surface area contributed by atoms with Crippen molar-refractivity contribution in [2.24, 2.45) is 5.73 Å². The highest BCUT2D eigenvalue weighted by atomic mass is 16.2. The largest absolute Gasteiger partial charge is 0.385 e. The summed E-state index contributed by atoms with van der Waals surface area (Å²) in [5.41, 5.74) is 5.67. The first-order chi connectivity index (χ1) is 8.45. The van der Waals surface area contributed by atoms with Gasteiger partial charge in [0.1, 0.15) is 5.82 Å². The highest BCUT2D eigenvalue weighted by Crippen LogP contribution is 2.15. The Morgan fingerprint density at radius 3 is 2.61 bits per heavy atom. The van der Waals surface area contributed by atoms with Crippen LogP contribution in [-0.2, 0) is 4.79 Å². The quantitative estimate of drug-likeness (QED) is 0.674. The number of carbonyl (C=O) groups is 2. The molecule has 7 nitrogen and oxygen atoms in total. The Labute approximate surface area is 105 Å². The summed E-state index contributed by atoms with van der Waals surface area (Å²) in [5, 5.41) is 5.22. The maximum atomic E-state index is 11.9. The number of anilines is 1. The smallest absolute Gasteiger partial charge is 0.272 e. The Kier molecular flexibility index (Phi) is 4.59. The van der Waals surface area contributed by atoms with Crippen molar-refractivity contribution in [3.05, 3.63) is 17.7 Å². The summed E-state index contributed by atoms with van der Waals surface area (Å²) in [6.45, 7) is 3.64. The first-order valence-corrected chi connectivity index (χ1v) is 5.57. The molecule has 0 radical (unpaired) electrons. The fraction of sp³-hybridized carbons (Fsp3) is 0.455. The van der Waals surface area contributed by atoms with Crippen LogP contribution in [0.2, 0.25) is 0 Å². The van der Waals surface area contributed by atoms with Gasteiger partial charge in [-0.15, -0.1) is 0 Å². The molecule has 0 aromatic carbocycles. The van der Waals surface area contributed by atoms with E-state index in [0.717, 1.165) is 0 Å². The van der Waals surface area contributed by atoms with Crippen LogP contribution in [-0.4, -0.2) is 35.4 Å². The normalized spacial score (nSPS) is 10.2. The van der Waals surface area contributed by atoms with Crippen molar-refractivity contribution >= 4 is 17.5 Å². The first-order valence-electron chi connectivity index (χ1n) is 5.57. The molecule has 0 atom stereocenters. The van der Waals surface area contributed by atoms with Gasteiger partial charge >= 0.3 is 0 Å². The summed E-state index contributed by atoms with van der Waals surface area (Å²) >= 11 is 0. The number of rotatable bonds is 5. The molecule has 0 spiro atoms. The van der Waals surface area contributed by atoms with Crippen LogP contribution in [0.25, 0.3) is 0 Å². The fourth-order valence-electron chi connectivity index (χ4n) is 1.28. The van der Waals surface area contributed by atoms with Gasteiger partial charge in [0, 0.05) is 13.0 Å². The third-order valence-corrected chi connectivity index (χ3v) is 2.23. The van der Waals surface area contributed by atoms with Gasteiger partial charge in [0.15, 0.2) is 5.69 Å². The number of amides is 2. The van der Waals surface area contributed by atoms with Crippen molar-refractivity contribution in [3.8, 4) is 0 Å². The van der Waals surface area contributed by atoms with Gasteiger partial charge in [-0.3, -0.25) is 9.59 Å². The summed E-state index contributed by atoms with van der Waals surface area (Å²) in [7, 11) is 1.67. The van der Waals surface area contributed by atoms with Crippen molar-refractivity contribution in [3.63, 3.8) is 0 Å². The summed E-state index contributed by atoms with van der Waals surface area (Å²) in [6.07, 6.45) is 1.54. The Hall–Kier alpha value is -2.18. The zero-order chi connectivity index (χ0) is 13.7. The predicted octanol–water partition coefficient (Wildman–Crippen LogP) is -0.143. The summed E-state index contributed by atoms with van der Waals surface area (Å²) in [4.78, 5) is 30.8. The van der Waals surface area contributed by atoms with Gasteiger partial charge in [-0.1, -0.05) is 13.8 Å². The molecule has 0 unspecified atom stereocenters. The van der Waals surface area contributed by atoms with Crippen LogP contribution in [0, 0.1) is 0 Å². The molecule has 0 saturated heterocycles. The van der Waals surface area contributed by atoms with E-state index in [4.69, 9.17) is 5.73 Å². The molecule has 0 aliphatic carbocycles. The lowest BCUT2D eigenvalue weighted by molar-refractivity contribution is -0.117. The predicted molar refractivity (Wildman–Crippen MR) is 67.2 cm³/mol. The molecule has 7 heteroatoms. The minimum atomic E-state index is -0.604. The van der Waals surface area contributed by atoms with Crippen LogP contribution in [0.5, 0.6) is 0 Å². The zero-order valence-corrected chi connectivity index (χ0v) is 10.7. The maximum absolute atomic E-state index is 11.9. The van der Waals surface area contributed by atoms with Gasteiger partial charge in [-0.2, -0.15) is 0 Å². The molecule has 0 aliphatic heterocycles. The van der Waals surface area contributed by atoms with Crippen LogP contribution in [0.3, 0.4) is 0 Å². The molecular formula is C11H17N5O2. The molecule has 1 aromatic heterocycles. The molecule has 2 amide bonds. The van der Waals surface area contributed by atoms with Crippen molar-refractivity contribution in [2.45, 2.75) is 19.8 Å². The average Bonchev–Trinajstić information content (AvgIpc) is 2.34. The second-order valence-corrected chi connectivity index (χ2v) is 4.04. The lowest BCUT2D eigenvalue weighted by atomic mass is 10.2. The number of nitrogens with two attached hydrogens (primary N) is 1. The van der Waals surface area contributed by atoms with E-state index in [1.165, 1.54) is 0 Å². The summed E-state index contributed by atoms with van der Waals surface area (Å²) < 4.78 is 0. The van der Waals surface area contributed by atoms with Crippen LogP contribution < -0.4 is 16.4 Å². The van der Waals surface area contributed by atoms with E-state index in [9.17, 15) is 9.59 Å². The second-order valence-electron chi connectivity index (χ2n) is 4.04. The monoisotopic (exact) mass is 251 g/mol. The van der Waals surface area contributed by atoms with Crippen LogP contribution in [0.1, 0.15) is 36.1 Å². The van der Waals surface area contributed by atoms with Crippen molar-refractivity contribution in [2.75, 3.05) is 18.9 Å². The van der Waals surface area contributed by atoms with Crippen LogP contribution in [0.15, 0.2) is 6.20 Å². The zero-order valence-electron chi connectivity index (χ0n) is 10.7. The molecule has 1 heterocycles. The molecule has 4 N–H and O–H groups in total. The van der Waals surface area contributed by atoms with Gasteiger partial charge in [-0.05, 0) is 0 Å². The minimum absolute atomic E-state index is 0.110. The van der Waals surface area contributed by atoms with E-state index >= 15 is 0 Å². The van der Waals surface area contributed by atoms with Crippen LogP contribution >= 0.6 is 0 Å². The molecule has 0 saturated carbocycles. The Bertz CT molecular complexity index is 459. The van der Waals surface area contributed by atoms with Crippen molar-refractivity contribution in [1.82, 2.24) is 15.3 Å². The van der Waals surface area contributed by atoms with E-state index in [1.807, 2.05) is 13.8 Å². The SMILES string of the molecule is CNc1cnc(C(C)C)nc1C(=O)NCC(N)=O. The maximum Gasteiger partial charge on any atom is 0.272 e. The lowest BCUT2D eigenvalue weighted by Crippen LogP contribution is -2.34. The van der Waals surface area contributed by atoms with E-state index in [1.54, 1.807) is 13.2 Å². The molecule has 0 aliphatic rings. The summed E-state index contributed by atoms with van der Waals surface area (Å²) in [6, 6.07) is 0. The molecule has 98 valence electrons. The highest BCUT2D eigenvalue weighted by molar-refractivity contribution is 5.99. The Balaban J connectivity index is 3.00. The van der Waals surface area contributed by atoms with E-state index in [0.29, 0.717) is 11.5 Å². The Morgan fingerprint density at radius 2 is 2.11 bits per heavy atom. The molecule has 1 aromatic rings. The summed E-state index contributed by atoms with van der Waals surface area (Å²) in [5.74, 6) is -0.383. The Morgan fingerprint density at radius 1 is 1.44 bits per heavy atom. The van der Waals surface area contributed by atoms with Gasteiger partial charge < -0.3 is 16.4 Å². The molecular weight excluding hydrogens is 234 g/mol. The van der Waals surface area contributed by atoms with Gasteiger partial charge in [0.05, 0.1) is 18.4 Å². The molecule has 1 rings (SSSR count). The van der Waals surface area contributed by atoms with Crippen molar-refractivity contribution < 1.29 is 9.59 Å². The third kappa shape index (κ3) is 3.41.